The molecule has 2 aliphatic carbocycles. The fraction of sp³-hybridized carbons (Fsp3) is 1.00. The number of rotatable bonds is 3. The lowest BCUT2D eigenvalue weighted by atomic mass is 9.89. The molecule has 2 atom stereocenters. The van der Waals surface area contributed by atoms with E-state index in [9.17, 15) is 5.11 Å². The summed E-state index contributed by atoms with van der Waals surface area (Å²) in [6.07, 6.45) is 11.6. The van der Waals surface area contributed by atoms with Gasteiger partial charge in [0, 0.05) is 18.6 Å². The zero-order chi connectivity index (χ0) is 12.1. The van der Waals surface area contributed by atoms with E-state index < -0.39 is 5.60 Å². The van der Waals surface area contributed by atoms with Gasteiger partial charge in [-0.05, 0) is 32.1 Å². The maximum atomic E-state index is 10.6. The van der Waals surface area contributed by atoms with Crippen LogP contribution in [0.2, 0.25) is 0 Å². The highest BCUT2D eigenvalue weighted by Gasteiger charge is 2.29. The molecular weight excluding hydrogens is 212 g/mol. The molecule has 2 fully saturated rings. The SMILES string of the molecule is NC1CCCC(NCC2(O)CCCCCC2)C1. The van der Waals surface area contributed by atoms with E-state index in [1.54, 1.807) is 0 Å². The average molecular weight is 240 g/mol. The first-order chi connectivity index (χ1) is 8.18. The lowest BCUT2D eigenvalue weighted by Gasteiger charge is -2.33. The Bertz CT molecular complexity index is 224. The largest absolute Gasteiger partial charge is 0.389 e. The van der Waals surface area contributed by atoms with Gasteiger partial charge in [-0.1, -0.05) is 32.1 Å². The molecule has 4 N–H and O–H groups in total. The highest BCUT2D eigenvalue weighted by Crippen LogP contribution is 2.27. The quantitative estimate of drug-likeness (QED) is 0.661. The summed E-state index contributed by atoms with van der Waals surface area (Å²) in [4.78, 5) is 0. The molecule has 0 aromatic carbocycles. The third-order valence-electron chi connectivity index (χ3n) is 4.47. The van der Waals surface area contributed by atoms with E-state index >= 15 is 0 Å². The standard InChI is InChI=1S/C14H28N2O/c15-12-6-5-7-13(10-12)16-11-14(17)8-3-1-2-4-9-14/h12-13,16-17H,1-11,15H2. The summed E-state index contributed by atoms with van der Waals surface area (Å²) in [6, 6.07) is 0.899. The van der Waals surface area contributed by atoms with Crippen molar-refractivity contribution in [1.29, 1.82) is 0 Å². The smallest absolute Gasteiger partial charge is 0.0771 e. The molecule has 2 saturated carbocycles. The Kier molecular flexibility index (Phi) is 4.83. The van der Waals surface area contributed by atoms with Crippen molar-refractivity contribution in [1.82, 2.24) is 5.32 Å². The van der Waals surface area contributed by atoms with Crippen LogP contribution in [0, 0.1) is 0 Å². The molecule has 0 spiro atoms. The molecular formula is C14H28N2O. The summed E-state index contributed by atoms with van der Waals surface area (Å²) < 4.78 is 0. The number of aliphatic hydroxyl groups is 1. The lowest BCUT2D eigenvalue weighted by Crippen LogP contribution is -2.47. The molecule has 0 saturated heterocycles. The number of hydrogen-bond acceptors (Lipinski definition) is 3. The maximum Gasteiger partial charge on any atom is 0.0771 e. The Hall–Kier alpha value is -0.120. The van der Waals surface area contributed by atoms with Gasteiger partial charge in [0.1, 0.15) is 0 Å². The minimum atomic E-state index is -0.446. The van der Waals surface area contributed by atoms with Crippen LogP contribution in [0.15, 0.2) is 0 Å². The van der Waals surface area contributed by atoms with Crippen molar-refractivity contribution < 1.29 is 5.11 Å². The van der Waals surface area contributed by atoms with Gasteiger partial charge in [0.25, 0.3) is 0 Å². The minimum Gasteiger partial charge on any atom is -0.389 e. The van der Waals surface area contributed by atoms with Gasteiger partial charge in [0.05, 0.1) is 5.60 Å². The number of nitrogens with two attached hydrogens (primary N) is 1. The van der Waals surface area contributed by atoms with Gasteiger partial charge in [-0.3, -0.25) is 0 Å². The third-order valence-corrected chi connectivity index (χ3v) is 4.47. The van der Waals surface area contributed by atoms with Crippen LogP contribution in [0.1, 0.15) is 64.2 Å². The second-order valence-electron chi connectivity index (χ2n) is 6.14. The van der Waals surface area contributed by atoms with Crippen molar-refractivity contribution in [3.05, 3.63) is 0 Å². The van der Waals surface area contributed by atoms with Gasteiger partial charge in [-0.25, -0.2) is 0 Å². The summed E-state index contributed by atoms with van der Waals surface area (Å²) in [7, 11) is 0. The molecule has 3 heteroatoms. The molecule has 0 heterocycles. The van der Waals surface area contributed by atoms with E-state index in [1.165, 1.54) is 44.9 Å². The molecule has 2 rings (SSSR count). The van der Waals surface area contributed by atoms with E-state index in [0.29, 0.717) is 12.1 Å². The van der Waals surface area contributed by atoms with E-state index in [2.05, 4.69) is 5.32 Å². The number of nitrogens with one attached hydrogen (secondary N) is 1. The predicted octanol–water partition coefficient (Wildman–Crippen LogP) is 1.93. The van der Waals surface area contributed by atoms with E-state index in [4.69, 9.17) is 5.73 Å². The first kappa shape index (κ1) is 13.3. The highest BCUT2D eigenvalue weighted by molar-refractivity contribution is 4.87. The molecule has 0 aliphatic heterocycles. The van der Waals surface area contributed by atoms with Crippen LogP contribution in [-0.2, 0) is 0 Å². The van der Waals surface area contributed by atoms with Gasteiger partial charge in [0.2, 0.25) is 0 Å². The Morgan fingerprint density at radius 3 is 2.41 bits per heavy atom. The van der Waals surface area contributed by atoms with Gasteiger partial charge >= 0.3 is 0 Å². The Balaban J connectivity index is 1.75. The summed E-state index contributed by atoms with van der Waals surface area (Å²) in [5.74, 6) is 0. The van der Waals surface area contributed by atoms with Crippen LogP contribution in [0.3, 0.4) is 0 Å². The third kappa shape index (κ3) is 4.23. The van der Waals surface area contributed by atoms with Gasteiger partial charge in [-0.15, -0.1) is 0 Å². The van der Waals surface area contributed by atoms with Crippen LogP contribution >= 0.6 is 0 Å². The van der Waals surface area contributed by atoms with Crippen molar-refractivity contribution in [3.8, 4) is 0 Å². The second-order valence-corrected chi connectivity index (χ2v) is 6.14. The van der Waals surface area contributed by atoms with Crippen LogP contribution in [0.25, 0.3) is 0 Å². The maximum absolute atomic E-state index is 10.6. The summed E-state index contributed by atoms with van der Waals surface area (Å²) in [6.45, 7) is 0.768. The van der Waals surface area contributed by atoms with Crippen LogP contribution < -0.4 is 11.1 Å². The van der Waals surface area contributed by atoms with Gasteiger partial charge in [-0.2, -0.15) is 0 Å². The van der Waals surface area contributed by atoms with Crippen LogP contribution in [-0.4, -0.2) is 29.3 Å². The summed E-state index contributed by atoms with van der Waals surface area (Å²) in [5, 5.41) is 14.1. The molecule has 0 aromatic heterocycles. The molecule has 2 aliphatic rings. The van der Waals surface area contributed by atoms with Crippen molar-refractivity contribution in [2.24, 2.45) is 5.73 Å². The molecule has 0 amide bonds. The topological polar surface area (TPSA) is 58.3 Å². The van der Waals surface area contributed by atoms with Gasteiger partial charge < -0.3 is 16.2 Å². The molecule has 3 nitrogen and oxygen atoms in total. The molecule has 0 aromatic rings. The molecule has 2 unspecified atom stereocenters. The molecule has 100 valence electrons. The fourth-order valence-electron chi connectivity index (χ4n) is 3.31. The van der Waals surface area contributed by atoms with Crippen molar-refractivity contribution in [2.45, 2.75) is 81.9 Å². The monoisotopic (exact) mass is 240 g/mol. The summed E-state index contributed by atoms with van der Waals surface area (Å²) >= 11 is 0. The first-order valence-corrected chi connectivity index (χ1v) is 7.39. The summed E-state index contributed by atoms with van der Waals surface area (Å²) in [5.41, 5.74) is 5.54. The van der Waals surface area contributed by atoms with Gasteiger partial charge in [0.15, 0.2) is 0 Å². The average Bonchev–Trinajstić information content (AvgIpc) is 2.53. The number of hydrogen-bond donors (Lipinski definition) is 3. The van der Waals surface area contributed by atoms with Crippen molar-refractivity contribution in [3.63, 3.8) is 0 Å². The van der Waals surface area contributed by atoms with Crippen LogP contribution in [0.4, 0.5) is 0 Å². The molecule has 17 heavy (non-hydrogen) atoms. The van der Waals surface area contributed by atoms with Crippen molar-refractivity contribution >= 4 is 0 Å². The Morgan fingerprint density at radius 2 is 1.76 bits per heavy atom. The highest BCUT2D eigenvalue weighted by atomic mass is 16.3. The van der Waals surface area contributed by atoms with E-state index in [0.717, 1.165) is 25.8 Å². The first-order valence-electron chi connectivity index (χ1n) is 7.39. The predicted molar refractivity (Wildman–Crippen MR) is 70.9 cm³/mol. The molecule has 0 radical (unpaired) electrons. The van der Waals surface area contributed by atoms with Crippen LogP contribution in [0.5, 0.6) is 0 Å². The zero-order valence-electron chi connectivity index (χ0n) is 11.0. The Morgan fingerprint density at radius 1 is 1.06 bits per heavy atom. The molecule has 0 bridgehead atoms. The van der Waals surface area contributed by atoms with E-state index in [1.807, 2.05) is 0 Å². The second kappa shape index (κ2) is 6.17. The normalized spacial score (nSPS) is 34.2. The van der Waals surface area contributed by atoms with Crippen molar-refractivity contribution in [2.75, 3.05) is 6.54 Å². The fourth-order valence-corrected chi connectivity index (χ4v) is 3.31. The minimum absolute atomic E-state index is 0.366. The lowest BCUT2D eigenvalue weighted by molar-refractivity contribution is 0.0213. The van der Waals surface area contributed by atoms with E-state index in [-0.39, 0.29) is 0 Å². The Labute approximate surface area is 105 Å². The zero-order valence-corrected chi connectivity index (χ0v) is 11.0.